The molecule has 0 saturated carbocycles. The highest BCUT2D eigenvalue weighted by molar-refractivity contribution is 5.99. The number of nitrogens with one attached hydrogen (secondary N) is 2. The Balaban J connectivity index is 3.04. The fraction of sp³-hybridized carbons (Fsp3) is 0.462. The summed E-state index contributed by atoms with van der Waals surface area (Å²) in [5, 5.41) is 16.1. The van der Waals surface area contributed by atoms with E-state index in [-0.39, 0.29) is 23.9 Å². The van der Waals surface area contributed by atoms with Crippen molar-refractivity contribution in [2.45, 2.75) is 19.9 Å². The van der Waals surface area contributed by atoms with Crippen LogP contribution in [0.2, 0.25) is 0 Å². The SMILES string of the molecule is CCOCC(C)NC(=O)c1cc(NC)c(F)cc1[N+](=O)[O-]. The van der Waals surface area contributed by atoms with Crippen molar-refractivity contribution in [3.63, 3.8) is 0 Å². The molecule has 1 atom stereocenters. The molecule has 0 saturated heterocycles. The van der Waals surface area contributed by atoms with Gasteiger partial charge >= 0.3 is 0 Å². The van der Waals surface area contributed by atoms with Crippen LogP contribution < -0.4 is 10.6 Å². The van der Waals surface area contributed by atoms with Gasteiger partial charge in [-0.05, 0) is 19.9 Å². The number of amides is 1. The van der Waals surface area contributed by atoms with Crippen LogP contribution >= 0.6 is 0 Å². The zero-order chi connectivity index (χ0) is 16.0. The Kier molecular flexibility index (Phi) is 6.04. The zero-order valence-corrected chi connectivity index (χ0v) is 12.1. The van der Waals surface area contributed by atoms with E-state index in [0.717, 1.165) is 12.1 Å². The summed E-state index contributed by atoms with van der Waals surface area (Å²) >= 11 is 0. The van der Waals surface area contributed by atoms with Crippen LogP contribution in [-0.2, 0) is 4.74 Å². The molecule has 1 rings (SSSR count). The molecule has 0 aromatic heterocycles. The van der Waals surface area contributed by atoms with Gasteiger partial charge in [-0.25, -0.2) is 4.39 Å². The predicted octanol–water partition coefficient (Wildman–Crippen LogP) is 1.93. The Morgan fingerprint density at radius 2 is 2.19 bits per heavy atom. The summed E-state index contributed by atoms with van der Waals surface area (Å²) in [6.07, 6.45) is 0. The van der Waals surface area contributed by atoms with E-state index in [4.69, 9.17) is 4.74 Å². The summed E-state index contributed by atoms with van der Waals surface area (Å²) in [4.78, 5) is 22.3. The van der Waals surface area contributed by atoms with E-state index in [1.165, 1.54) is 7.05 Å². The molecule has 2 N–H and O–H groups in total. The molecule has 7 nitrogen and oxygen atoms in total. The Morgan fingerprint density at radius 1 is 1.52 bits per heavy atom. The summed E-state index contributed by atoms with van der Waals surface area (Å²) in [7, 11) is 1.46. The maximum absolute atomic E-state index is 13.6. The number of nitro benzene ring substituents is 1. The number of nitrogens with zero attached hydrogens (tertiary/aromatic N) is 1. The lowest BCUT2D eigenvalue weighted by atomic mass is 10.1. The van der Waals surface area contributed by atoms with Crippen LogP contribution in [0.5, 0.6) is 0 Å². The van der Waals surface area contributed by atoms with Gasteiger partial charge in [-0.2, -0.15) is 0 Å². The van der Waals surface area contributed by atoms with Crippen molar-refractivity contribution in [1.29, 1.82) is 0 Å². The second-order valence-corrected chi connectivity index (χ2v) is 4.39. The van der Waals surface area contributed by atoms with Crippen LogP contribution in [0.25, 0.3) is 0 Å². The molecule has 116 valence electrons. The summed E-state index contributed by atoms with van der Waals surface area (Å²) in [5.74, 6) is -1.44. The second kappa shape index (κ2) is 7.53. The Morgan fingerprint density at radius 3 is 2.71 bits per heavy atom. The van der Waals surface area contributed by atoms with Crippen molar-refractivity contribution in [2.24, 2.45) is 0 Å². The molecule has 21 heavy (non-hydrogen) atoms. The van der Waals surface area contributed by atoms with E-state index in [0.29, 0.717) is 6.61 Å². The number of carbonyl (C=O) groups excluding carboxylic acids is 1. The minimum atomic E-state index is -0.789. The lowest BCUT2D eigenvalue weighted by molar-refractivity contribution is -0.385. The average Bonchev–Trinajstić information content (AvgIpc) is 2.44. The molecule has 0 heterocycles. The van der Waals surface area contributed by atoms with Gasteiger partial charge in [-0.15, -0.1) is 0 Å². The van der Waals surface area contributed by atoms with E-state index in [9.17, 15) is 19.3 Å². The minimum Gasteiger partial charge on any atom is -0.386 e. The van der Waals surface area contributed by atoms with Crippen molar-refractivity contribution in [3.05, 3.63) is 33.6 Å². The van der Waals surface area contributed by atoms with Crippen LogP contribution in [0.1, 0.15) is 24.2 Å². The number of hydrogen-bond acceptors (Lipinski definition) is 5. The van der Waals surface area contributed by atoms with Gasteiger partial charge in [0.25, 0.3) is 11.6 Å². The summed E-state index contributed by atoms with van der Waals surface area (Å²) in [6.45, 7) is 4.32. The van der Waals surface area contributed by atoms with Crippen LogP contribution in [0.4, 0.5) is 15.8 Å². The van der Waals surface area contributed by atoms with Crippen LogP contribution in [-0.4, -0.2) is 37.1 Å². The maximum Gasteiger partial charge on any atom is 0.285 e. The van der Waals surface area contributed by atoms with Crippen molar-refractivity contribution < 1.29 is 18.8 Å². The van der Waals surface area contributed by atoms with E-state index in [2.05, 4.69) is 10.6 Å². The van der Waals surface area contributed by atoms with Gasteiger partial charge in [0.15, 0.2) is 5.82 Å². The lowest BCUT2D eigenvalue weighted by Gasteiger charge is -2.14. The van der Waals surface area contributed by atoms with Gasteiger partial charge in [-0.3, -0.25) is 14.9 Å². The van der Waals surface area contributed by atoms with E-state index >= 15 is 0 Å². The summed E-state index contributed by atoms with van der Waals surface area (Å²) in [6, 6.07) is 1.53. The fourth-order valence-electron chi connectivity index (χ4n) is 1.73. The maximum atomic E-state index is 13.6. The third kappa shape index (κ3) is 4.38. The van der Waals surface area contributed by atoms with Crippen molar-refractivity contribution in [2.75, 3.05) is 25.6 Å². The third-order valence-electron chi connectivity index (χ3n) is 2.75. The van der Waals surface area contributed by atoms with Gasteiger partial charge in [0, 0.05) is 19.7 Å². The number of nitro groups is 1. The zero-order valence-electron chi connectivity index (χ0n) is 12.1. The average molecular weight is 299 g/mol. The molecule has 0 aliphatic rings. The summed E-state index contributed by atoms with van der Waals surface area (Å²) in [5.41, 5.74) is -0.759. The van der Waals surface area contributed by atoms with Gasteiger partial charge in [0.05, 0.1) is 23.3 Å². The van der Waals surface area contributed by atoms with E-state index in [1.807, 2.05) is 6.92 Å². The number of ether oxygens (including phenoxy) is 1. The molecule has 0 bridgehead atoms. The normalized spacial score (nSPS) is 11.8. The topological polar surface area (TPSA) is 93.5 Å². The summed E-state index contributed by atoms with van der Waals surface area (Å²) < 4.78 is 18.7. The van der Waals surface area contributed by atoms with E-state index in [1.54, 1.807) is 6.92 Å². The highest BCUT2D eigenvalue weighted by atomic mass is 19.1. The first kappa shape index (κ1) is 16.8. The van der Waals surface area contributed by atoms with E-state index < -0.39 is 22.3 Å². The number of hydrogen-bond donors (Lipinski definition) is 2. The molecule has 0 radical (unpaired) electrons. The quantitative estimate of drug-likeness (QED) is 0.592. The molecule has 1 amide bonds. The molecule has 0 spiro atoms. The van der Waals surface area contributed by atoms with Crippen molar-refractivity contribution in [1.82, 2.24) is 5.32 Å². The Bertz CT molecular complexity index is 536. The third-order valence-corrected chi connectivity index (χ3v) is 2.75. The van der Waals surface area contributed by atoms with Gasteiger partial charge in [-0.1, -0.05) is 0 Å². The van der Waals surface area contributed by atoms with Crippen molar-refractivity contribution in [3.8, 4) is 0 Å². The number of halogens is 1. The smallest absolute Gasteiger partial charge is 0.285 e. The van der Waals surface area contributed by atoms with Crippen LogP contribution in [0.3, 0.4) is 0 Å². The lowest BCUT2D eigenvalue weighted by Crippen LogP contribution is -2.36. The molecule has 1 unspecified atom stereocenters. The second-order valence-electron chi connectivity index (χ2n) is 4.39. The number of benzene rings is 1. The molecule has 1 aromatic carbocycles. The Hall–Kier alpha value is -2.22. The fourth-order valence-corrected chi connectivity index (χ4v) is 1.73. The molecule has 8 heteroatoms. The molecule has 0 fully saturated rings. The molecular formula is C13H18FN3O4. The molecule has 1 aromatic rings. The number of rotatable bonds is 7. The standard InChI is InChI=1S/C13H18FN3O4/c1-4-21-7-8(2)16-13(18)9-5-11(15-3)10(14)6-12(9)17(19)20/h5-6,8,15H,4,7H2,1-3H3,(H,16,18). The molecule has 0 aliphatic heterocycles. The first-order valence-corrected chi connectivity index (χ1v) is 6.45. The predicted molar refractivity (Wildman–Crippen MR) is 76.0 cm³/mol. The highest BCUT2D eigenvalue weighted by Crippen LogP contribution is 2.26. The minimum absolute atomic E-state index is 0.0169. The first-order valence-electron chi connectivity index (χ1n) is 6.45. The first-order chi connectivity index (χ1) is 9.90. The van der Waals surface area contributed by atoms with Crippen LogP contribution in [0, 0.1) is 15.9 Å². The van der Waals surface area contributed by atoms with Gasteiger partial charge in [0.2, 0.25) is 0 Å². The monoisotopic (exact) mass is 299 g/mol. The molecule has 0 aliphatic carbocycles. The molecular weight excluding hydrogens is 281 g/mol. The van der Waals surface area contributed by atoms with Gasteiger partial charge < -0.3 is 15.4 Å². The number of anilines is 1. The Labute approximate surface area is 121 Å². The van der Waals surface area contributed by atoms with Crippen molar-refractivity contribution >= 4 is 17.3 Å². The van der Waals surface area contributed by atoms with Crippen LogP contribution in [0.15, 0.2) is 12.1 Å². The highest BCUT2D eigenvalue weighted by Gasteiger charge is 2.24. The number of carbonyl (C=O) groups is 1. The largest absolute Gasteiger partial charge is 0.386 e. The van der Waals surface area contributed by atoms with Gasteiger partial charge in [0.1, 0.15) is 5.56 Å².